The standard InChI is InChI=1S/C16H16BrFN6/c17-13-7-10(18)1-2-14(13)23-15-12-8-22-24(16(12)21-9-20-15)11-3-5-19-6-4-11/h1-2,7-9,11,19H,3-6H2,(H,20,21,23). The van der Waals surface area contributed by atoms with Crippen molar-refractivity contribution in [2.45, 2.75) is 18.9 Å². The SMILES string of the molecule is Fc1ccc(Nc2ncnc3c2cnn3C2CCNCC2)c(Br)c1. The lowest BCUT2D eigenvalue weighted by Gasteiger charge is -2.23. The van der Waals surface area contributed by atoms with Gasteiger partial charge in [0.1, 0.15) is 18.0 Å². The summed E-state index contributed by atoms with van der Waals surface area (Å²) in [6.45, 7) is 1.98. The average molecular weight is 391 g/mol. The molecule has 3 aromatic rings. The number of halogens is 2. The number of aromatic nitrogens is 4. The van der Waals surface area contributed by atoms with Crippen LogP contribution < -0.4 is 10.6 Å². The summed E-state index contributed by atoms with van der Waals surface area (Å²) in [5.41, 5.74) is 1.56. The molecule has 1 fully saturated rings. The fourth-order valence-electron chi connectivity index (χ4n) is 3.00. The summed E-state index contributed by atoms with van der Waals surface area (Å²) in [5, 5.41) is 12.0. The first-order chi connectivity index (χ1) is 11.7. The smallest absolute Gasteiger partial charge is 0.163 e. The molecule has 0 spiro atoms. The second-order valence-electron chi connectivity index (χ2n) is 5.78. The van der Waals surface area contributed by atoms with Crippen LogP contribution in [0.4, 0.5) is 15.9 Å². The summed E-state index contributed by atoms with van der Waals surface area (Å²) >= 11 is 3.36. The van der Waals surface area contributed by atoms with Gasteiger partial charge < -0.3 is 10.6 Å². The molecule has 8 heteroatoms. The first-order valence-corrected chi connectivity index (χ1v) is 8.62. The van der Waals surface area contributed by atoms with Crippen LogP contribution in [0.3, 0.4) is 0 Å². The molecule has 2 N–H and O–H groups in total. The summed E-state index contributed by atoms with van der Waals surface area (Å²) in [5.74, 6) is 0.367. The third-order valence-electron chi connectivity index (χ3n) is 4.23. The van der Waals surface area contributed by atoms with Crippen molar-refractivity contribution in [1.29, 1.82) is 0 Å². The van der Waals surface area contributed by atoms with Crippen LogP contribution >= 0.6 is 15.9 Å². The molecule has 1 saturated heterocycles. The highest BCUT2D eigenvalue weighted by Crippen LogP contribution is 2.30. The Morgan fingerprint density at radius 1 is 1.25 bits per heavy atom. The van der Waals surface area contributed by atoms with E-state index in [0.29, 0.717) is 16.3 Å². The van der Waals surface area contributed by atoms with Crippen molar-refractivity contribution in [3.8, 4) is 0 Å². The molecule has 0 unspecified atom stereocenters. The maximum absolute atomic E-state index is 13.2. The number of anilines is 2. The van der Waals surface area contributed by atoms with Gasteiger partial charge in [-0.2, -0.15) is 5.10 Å². The Balaban J connectivity index is 1.70. The molecule has 0 atom stereocenters. The van der Waals surface area contributed by atoms with Gasteiger partial charge in [0.2, 0.25) is 0 Å². The molecule has 0 radical (unpaired) electrons. The fraction of sp³-hybridized carbons (Fsp3) is 0.312. The molecule has 2 aromatic heterocycles. The molecule has 124 valence electrons. The number of piperidine rings is 1. The molecular weight excluding hydrogens is 375 g/mol. The number of benzene rings is 1. The van der Waals surface area contributed by atoms with E-state index in [0.717, 1.165) is 42.7 Å². The van der Waals surface area contributed by atoms with E-state index in [1.54, 1.807) is 12.3 Å². The van der Waals surface area contributed by atoms with Gasteiger partial charge in [-0.25, -0.2) is 19.0 Å². The van der Waals surface area contributed by atoms with Crippen LogP contribution in [0, 0.1) is 5.82 Å². The minimum Gasteiger partial charge on any atom is -0.339 e. The molecule has 1 aliphatic heterocycles. The lowest BCUT2D eigenvalue weighted by Crippen LogP contribution is -2.29. The third-order valence-corrected chi connectivity index (χ3v) is 4.89. The zero-order valence-corrected chi connectivity index (χ0v) is 14.4. The molecular formula is C16H16BrFN6. The molecule has 3 heterocycles. The van der Waals surface area contributed by atoms with Crippen LogP contribution in [0.5, 0.6) is 0 Å². The Kier molecular flexibility index (Phi) is 4.15. The van der Waals surface area contributed by atoms with Crippen molar-refractivity contribution in [1.82, 2.24) is 25.1 Å². The molecule has 6 nitrogen and oxygen atoms in total. The average Bonchev–Trinajstić information content (AvgIpc) is 3.03. The zero-order chi connectivity index (χ0) is 16.5. The summed E-state index contributed by atoms with van der Waals surface area (Å²) in [7, 11) is 0. The van der Waals surface area contributed by atoms with E-state index in [9.17, 15) is 4.39 Å². The lowest BCUT2D eigenvalue weighted by molar-refractivity contribution is 0.349. The number of nitrogens with one attached hydrogen (secondary N) is 2. The van der Waals surface area contributed by atoms with Crippen molar-refractivity contribution < 1.29 is 4.39 Å². The van der Waals surface area contributed by atoms with Gasteiger partial charge in [-0.3, -0.25) is 0 Å². The predicted molar refractivity (Wildman–Crippen MR) is 93.8 cm³/mol. The maximum Gasteiger partial charge on any atom is 0.163 e. The quantitative estimate of drug-likeness (QED) is 0.717. The van der Waals surface area contributed by atoms with Gasteiger partial charge in [0.25, 0.3) is 0 Å². The summed E-state index contributed by atoms with van der Waals surface area (Å²) < 4.78 is 15.9. The van der Waals surface area contributed by atoms with Crippen molar-refractivity contribution >= 4 is 38.5 Å². The van der Waals surface area contributed by atoms with Gasteiger partial charge in [0.05, 0.1) is 23.3 Å². The second kappa shape index (κ2) is 6.45. The van der Waals surface area contributed by atoms with Crippen molar-refractivity contribution in [3.05, 3.63) is 41.0 Å². The minimum absolute atomic E-state index is 0.293. The van der Waals surface area contributed by atoms with E-state index < -0.39 is 0 Å². The van der Waals surface area contributed by atoms with Gasteiger partial charge in [0, 0.05) is 4.47 Å². The number of hydrogen-bond acceptors (Lipinski definition) is 5. The van der Waals surface area contributed by atoms with Crippen molar-refractivity contribution in [2.24, 2.45) is 0 Å². The first kappa shape index (κ1) is 15.5. The molecule has 0 saturated carbocycles. The largest absolute Gasteiger partial charge is 0.339 e. The normalized spacial score (nSPS) is 15.8. The molecule has 24 heavy (non-hydrogen) atoms. The van der Waals surface area contributed by atoms with E-state index in [-0.39, 0.29) is 5.82 Å². The van der Waals surface area contributed by atoms with Crippen LogP contribution in [0.1, 0.15) is 18.9 Å². The van der Waals surface area contributed by atoms with Gasteiger partial charge in [-0.1, -0.05) is 0 Å². The van der Waals surface area contributed by atoms with E-state index >= 15 is 0 Å². The third kappa shape index (κ3) is 2.87. The Hall–Kier alpha value is -2.06. The summed E-state index contributed by atoms with van der Waals surface area (Å²) in [4.78, 5) is 8.73. The van der Waals surface area contributed by atoms with E-state index in [2.05, 4.69) is 41.6 Å². The molecule has 1 aromatic carbocycles. The number of nitrogens with zero attached hydrogens (tertiary/aromatic N) is 4. The molecule has 1 aliphatic rings. The van der Waals surface area contributed by atoms with Crippen LogP contribution in [0.15, 0.2) is 35.2 Å². The van der Waals surface area contributed by atoms with Gasteiger partial charge in [-0.05, 0) is 60.1 Å². The van der Waals surface area contributed by atoms with Crippen LogP contribution in [-0.2, 0) is 0 Å². The van der Waals surface area contributed by atoms with Crippen LogP contribution in [-0.4, -0.2) is 32.8 Å². The maximum atomic E-state index is 13.2. The number of rotatable bonds is 3. The van der Waals surface area contributed by atoms with Gasteiger partial charge in [0.15, 0.2) is 5.65 Å². The molecule has 0 bridgehead atoms. The Morgan fingerprint density at radius 2 is 2.08 bits per heavy atom. The van der Waals surface area contributed by atoms with Gasteiger partial charge >= 0.3 is 0 Å². The Morgan fingerprint density at radius 3 is 2.88 bits per heavy atom. The van der Waals surface area contributed by atoms with E-state index in [1.807, 2.05) is 4.68 Å². The van der Waals surface area contributed by atoms with Crippen molar-refractivity contribution in [2.75, 3.05) is 18.4 Å². The number of fused-ring (bicyclic) bond motifs is 1. The molecule has 4 rings (SSSR count). The Labute approximate surface area is 146 Å². The van der Waals surface area contributed by atoms with E-state index in [1.165, 1.54) is 18.5 Å². The van der Waals surface area contributed by atoms with Crippen LogP contribution in [0.25, 0.3) is 11.0 Å². The second-order valence-corrected chi connectivity index (χ2v) is 6.63. The highest BCUT2D eigenvalue weighted by Gasteiger charge is 2.20. The first-order valence-electron chi connectivity index (χ1n) is 7.83. The monoisotopic (exact) mass is 390 g/mol. The van der Waals surface area contributed by atoms with E-state index in [4.69, 9.17) is 0 Å². The van der Waals surface area contributed by atoms with Crippen molar-refractivity contribution in [3.63, 3.8) is 0 Å². The summed E-state index contributed by atoms with van der Waals surface area (Å²) in [6.07, 6.45) is 5.39. The molecule has 0 amide bonds. The van der Waals surface area contributed by atoms with Gasteiger partial charge in [-0.15, -0.1) is 0 Å². The topological polar surface area (TPSA) is 67.7 Å². The number of hydrogen-bond donors (Lipinski definition) is 2. The zero-order valence-electron chi connectivity index (χ0n) is 12.8. The highest BCUT2D eigenvalue weighted by atomic mass is 79.9. The lowest BCUT2D eigenvalue weighted by atomic mass is 10.1. The fourth-order valence-corrected chi connectivity index (χ4v) is 3.45. The molecule has 0 aliphatic carbocycles. The van der Waals surface area contributed by atoms with Crippen LogP contribution in [0.2, 0.25) is 0 Å². The summed E-state index contributed by atoms with van der Waals surface area (Å²) in [6, 6.07) is 4.84. The minimum atomic E-state index is -0.293. The highest BCUT2D eigenvalue weighted by molar-refractivity contribution is 9.10. The predicted octanol–water partition coefficient (Wildman–Crippen LogP) is 3.40. The Bertz CT molecular complexity index is 874.